The molecule has 2 aromatic rings. The lowest BCUT2D eigenvalue weighted by atomic mass is 10.1. The fourth-order valence-electron chi connectivity index (χ4n) is 2.19. The van der Waals surface area contributed by atoms with E-state index in [1.54, 1.807) is 0 Å². The molecule has 2 N–H and O–H groups in total. The number of aryl methyl sites for hydroxylation is 2. The molecule has 0 radical (unpaired) electrons. The summed E-state index contributed by atoms with van der Waals surface area (Å²) < 4.78 is 0. The lowest BCUT2D eigenvalue weighted by molar-refractivity contribution is 0.102. The van der Waals surface area contributed by atoms with Gasteiger partial charge >= 0.3 is 0 Å². The third-order valence-corrected chi connectivity index (χ3v) is 3.79. The van der Waals surface area contributed by atoms with Gasteiger partial charge in [0, 0.05) is 18.4 Å². The lowest BCUT2D eigenvalue weighted by Crippen LogP contribution is -2.15. The van der Waals surface area contributed by atoms with Crippen LogP contribution in [0.15, 0.2) is 24.5 Å². The second kappa shape index (κ2) is 5.93. The van der Waals surface area contributed by atoms with Crippen molar-refractivity contribution < 1.29 is 4.79 Å². The normalized spacial score (nSPS) is 13.8. The lowest BCUT2D eigenvalue weighted by Gasteiger charge is -2.11. The van der Waals surface area contributed by atoms with E-state index in [1.807, 2.05) is 26.0 Å². The van der Waals surface area contributed by atoms with Crippen LogP contribution in [0.25, 0.3) is 0 Å². The molecule has 0 saturated heterocycles. The standard InChI is InChI=1S/C16H17ClN4O/c1-9-5-10(2)14(13(17)6-9)21-15(22)11-7-18-16(19-8-11)20-12-3-4-12/h5-8,12H,3-4H2,1-2H3,(H,21,22)(H,18,19,20). The Morgan fingerprint density at radius 2 is 1.91 bits per heavy atom. The predicted octanol–water partition coefficient (Wildman–Crippen LogP) is 3.57. The van der Waals surface area contributed by atoms with E-state index >= 15 is 0 Å². The predicted molar refractivity (Wildman–Crippen MR) is 87.6 cm³/mol. The number of amides is 1. The van der Waals surface area contributed by atoms with Gasteiger partial charge in [-0.05, 0) is 43.9 Å². The van der Waals surface area contributed by atoms with Crippen LogP contribution >= 0.6 is 11.6 Å². The molecule has 0 bridgehead atoms. The first kappa shape index (κ1) is 14.8. The van der Waals surface area contributed by atoms with Crippen molar-refractivity contribution in [3.8, 4) is 0 Å². The zero-order chi connectivity index (χ0) is 15.7. The van der Waals surface area contributed by atoms with E-state index in [2.05, 4.69) is 20.6 Å². The van der Waals surface area contributed by atoms with Gasteiger partial charge in [0.25, 0.3) is 5.91 Å². The average molecular weight is 317 g/mol. The molecule has 1 aromatic carbocycles. The van der Waals surface area contributed by atoms with E-state index in [9.17, 15) is 4.79 Å². The van der Waals surface area contributed by atoms with Crippen molar-refractivity contribution in [3.63, 3.8) is 0 Å². The summed E-state index contributed by atoms with van der Waals surface area (Å²) in [6.45, 7) is 3.87. The molecule has 1 aliphatic rings. The molecular formula is C16H17ClN4O. The van der Waals surface area contributed by atoms with Crippen molar-refractivity contribution in [1.29, 1.82) is 0 Å². The van der Waals surface area contributed by atoms with Gasteiger partial charge in [0.15, 0.2) is 0 Å². The van der Waals surface area contributed by atoms with E-state index < -0.39 is 0 Å². The van der Waals surface area contributed by atoms with E-state index in [0.29, 0.717) is 28.3 Å². The number of nitrogens with zero attached hydrogens (tertiary/aromatic N) is 2. The summed E-state index contributed by atoms with van der Waals surface area (Å²) in [6.07, 6.45) is 5.34. The Bertz CT molecular complexity index is 688. The van der Waals surface area contributed by atoms with Gasteiger partial charge in [-0.2, -0.15) is 0 Å². The van der Waals surface area contributed by atoms with E-state index in [4.69, 9.17) is 11.6 Å². The van der Waals surface area contributed by atoms with Crippen molar-refractivity contribution >= 4 is 29.1 Å². The maximum atomic E-state index is 12.3. The van der Waals surface area contributed by atoms with Crippen LogP contribution in [0.4, 0.5) is 11.6 Å². The van der Waals surface area contributed by atoms with Crippen LogP contribution < -0.4 is 10.6 Å². The molecule has 1 amide bonds. The summed E-state index contributed by atoms with van der Waals surface area (Å²) in [4.78, 5) is 20.6. The Morgan fingerprint density at radius 3 is 2.50 bits per heavy atom. The van der Waals surface area contributed by atoms with Gasteiger partial charge in [0.1, 0.15) is 0 Å². The summed E-state index contributed by atoms with van der Waals surface area (Å²) in [5.74, 6) is 0.287. The number of anilines is 2. The molecule has 0 atom stereocenters. The smallest absolute Gasteiger partial charge is 0.258 e. The molecule has 1 aromatic heterocycles. The van der Waals surface area contributed by atoms with Crippen LogP contribution in [-0.4, -0.2) is 21.9 Å². The quantitative estimate of drug-likeness (QED) is 0.905. The van der Waals surface area contributed by atoms with Gasteiger partial charge in [0.2, 0.25) is 5.95 Å². The zero-order valence-electron chi connectivity index (χ0n) is 12.5. The summed E-state index contributed by atoms with van der Waals surface area (Å²) in [7, 11) is 0. The summed E-state index contributed by atoms with van der Waals surface area (Å²) in [5, 5.41) is 6.53. The zero-order valence-corrected chi connectivity index (χ0v) is 13.2. The molecule has 1 fully saturated rings. The minimum atomic E-state index is -0.271. The van der Waals surface area contributed by atoms with E-state index in [-0.39, 0.29) is 5.91 Å². The third kappa shape index (κ3) is 3.36. The number of hydrogen-bond donors (Lipinski definition) is 2. The van der Waals surface area contributed by atoms with Crippen molar-refractivity contribution in [3.05, 3.63) is 46.2 Å². The number of carbonyl (C=O) groups excluding carboxylic acids is 1. The SMILES string of the molecule is Cc1cc(C)c(NC(=O)c2cnc(NC3CC3)nc2)c(Cl)c1. The highest BCUT2D eigenvalue weighted by molar-refractivity contribution is 6.34. The molecule has 0 unspecified atom stereocenters. The molecule has 22 heavy (non-hydrogen) atoms. The highest BCUT2D eigenvalue weighted by Gasteiger charge is 2.22. The van der Waals surface area contributed by atoms with Gasteiger partial charge in [0.05, 0.1) is 16.3 Å². The number of hydrogen-bond acceptors (Lipinski definition) is 4. The maximum absolute atomic E-state index is 12.3. The largest absolute Gasteiger partial charge is 0.351 e. The number of carbonyl (C=O) groups is 1. The number of halogens is 1. The molecule has 1 aliphatic carbocycles. The minimum absolute atomic E-state index is 0.271. The van der Waals surface area contributed by atoms with Gasteiger partial charge in [-0.15, -0.1) is 0 Å². The topological polar surface area (TPSA) is 66.9 Å². The average Bonchev–Trinajstić information content (AvgIpc) is 3.27. The minimum Gasteiger partial charge on any atom is -0.351 e. The summed E-state index contributed by atoms with van der Waals surface area (Å²) >= 11 is 6.20. The maximum Gasteiger partial charge on any atom is 0.258 e. The van der Waals surface area contributed by atoms with Crippen LogP contribution in [0.5, 0.6) is 0 Å². The van der Waals surface area contributed by atoms with Gasteiger partial charge in [-0.25, -0.2) is 9.97 Å². The first-order valence-corrected chi connectivity index (χ1v) is 7.57. The highest BCUT2D eigenvalue weighted by atomic mass is 35.5. The Labute approximate surface area is 134 Å². The number of nitrogens with one attached hydrogen (secondary N) is 2. The van der Waals surface area contributed by atoms with Crippen molar-refractivity contribution in [2.75, 3.05) is 10.6 Å². The van der Waals surface area contributed by atoms with Crippen molar-refractivity contribution in [1.82, 2.24) is 9.97 Å². The molecule has 1 heterocycles. The summed E-state index contributed by atoms with van der Waals surface area (Å²) in [5.41, 5.74) is 3.00. The third-order valence-electron chi connectivity index (χ3n) is 3.49. The van der Waals surface area contributed by atoms with Crippen LogP contribution in [0.1, 0.15) is 34.3 Å². The van der Waals surface area contributed by atoms with Gasteiger partial charge in [-0.3, -0.25) is 4.79 Å². The molecule has 5 nitrogen and oxygen atoms in total. The van der Waals surface area contributed by atoms with E-state index in [1.165, 1.54) is 12.4 Å². The molecule has 1 saturated carbocycles. The van der Waals surface area contributed by atoms with Crippen LogP contribution in [0.3, 0.4) is 0 Å². The molecule has 6 heteroatoms. The second-order valence-electron chi connectivity index (χ2n) is 5.61. The van der Waals surface area contributed by atoms with Crippen molar-refractivity contribution in [2.45, 2.75) is 32.7 Å². The molecule has 114 valence electrons. The molecule has 0 spiro atoms. The second-order valence-corrected chi connectivity index (χ2v) is 6.01. The summed E-state index contributed by atoms with van der Waals surface area (Å²) in [6, 6.07) is 4.28. The van der Waals surface area contributed by atoms with Crippen LogP contribution in [0, 0.1) is 13.8 Å². The van der Waals surface area contributed by atoms with Gasteiger partial charge in [-0.1, -0.05) is 17.7 Å². The Kier molecular flexibility index (Phi) is 3.98. The van der Waals surface area contributed by atoms with E-state index in [0.717, 1.165) is 24.0 Å². The molecule has 3 rings (SSSR count). The molecular weight excluding hydrogens is 300 g/mol. The molecule has 0 aliphatic heterocycles. The Balaban J connectivity index is 1.73. The fourth-order valence-corrected chi connectivity index (χ4v) is 2.56. The first-order valence-electron chi connectivity index (χ1n) is 7.19. The first-order chi connectivity index (χ1) is 10.5. The number of benzene rings is 1. The van der Waals surface area contributed by atoms with Gasteiger partial charge < -0.3 is 10.6 Å². The Hall–Kier alpha value is -2.14. The monoisotopic (exact) mass is 316 g/mol. The highest BCUT2D eigenvalue weighted by Crippen LogP contribution is 2.28. The Morgan fingerprint density at radius 1 is 1.23 bits per heavy atom. The van der Waals surface area contributed by atoms with Crippen molar-refractivity contribution in [2.24, 2.45) is 0 Å². The number of rotatable bonds is 4. The van der Waals surface area contributed by atoms with Crippen LogP contribution in [0.2, 0.25) is 5.02 Å². The van der Waals surface area contributed by atoms with Crippen LogP contribution in [-0.2, 0) is 0 Å². The fraction of sp³-hybridized carbons (Fsp3) is 0.312. The number of aromatic nitrogens is 2.